The summed E-state index contributed by atoms with van der Waals surface area (Å²) in [6.07, 6.45) is 0.521. The monoisotopic (exact) mass is 900 g/mol. The van der Waals surface area contributed by atoms with Gasteiger partial charge in [0.15, 0.2) is 0 Å². The molecule has 8 rings (SSSR count). The van der Waals surface area contributed by atoms with E-state index in [0.717, 1.165) is 56.3 Å². The van der Waals surface area contributed by atoms with Crippen LogP contribution in [-0.4, -0.2) is 23.8 Å². The zero-order valence-corrected chi connectivity index (χ0v) is 37.6. The van der Waals surface area contributed by atoms with E-state index >= 15 is 0 Å². The summed E-state index contributed by atoms with van der Waals surface area (Å²) in [4.78, 5) is 51.6. The molecule has 0 aliphatic rings. The first-order valence-electron chi connectivity index (χ1n) is 21.8. The molecule has 68 heavy (non-hydrogen) atoms. The molecule has 0 saturated heterocycles. The van der Waals surface area contributed by atoms with E-state index < -0.39 is 11.9 Å². The molecule has 0 unspecified atom stereocenters. The molecule has 2 amide bonds. The fourth-order valence-electron chi connectivity index (χ4n) is 6.94. The highest BCUT2D eigenvalue weighted by molar-refractivity contribution is 6.05. The van der Waals surface area contributed by atoms with Gasteiger partial charge >= 0.3 is 11.9 Å². The van der Waals surface area contributed by atoms with Gasteiger partial charge < -0.3 is 41.8 Å². The predicted octanol–water partition coefficient (Wildman–Crippen LogP) is 12.0. The summed E-state index contributed by atoms with van der Waals surface area (Å²) >= 11 is 0. The van der Waals surface area contributed by atoms with Crippen LogP contribution in [0.1, 0.15) is 69.2 Å². The van der Waals surface area contributed by atoms with Crippen LogP contribution in [0, 0.1) is 20.8 Å². The number of benzene rings is 8. The molecule has 12 nitrogen and oxygen atoms in total. The molecule has 0 atom stereocenters. The number of carbonyl (C=O) groups is 4. The highest BCUT2D eigenvalue weighted by Crippen LogP contribution is 2.25. The molecule has 12 heteroatoms. The van der Waals surface area contributed by atoms with Crippen LogP contribution in [0.15, 0.2) is 188 Å². The van der Waals surface area contributed by atoms with Crippen molar-refractivity contribution in [2.24, 2.45) is 0 Å². The maximum atomic E-state index is 13.4. The van der Waals surface area contributed by atoms with Crippen molar-refractivity contribution in [1.82, 2.24) is 0 Å². The van der Waals surface area contributed by atoms with Gasteiger partial charge in [0.1, 0.15) is 11.5 Å². The Labute approximate surface area is 394 Å². The first kappa shape index (κ1) is 45.4. The van der Waals surface area contributed by atoms with Crippen molar-refractivity contribution in [1.29, 1.82) is 0 Å². The van der Waals surface area contributed by atoms with Crippen molar-refractivity contribution in [2.45, 2.75) is 27.2 Å². The van der Waals surface area contributed by atoms with Crippen LogP contribution < -0.4 is 41.8 Å². The van der Waals surface area contributed by atoms with Crippen molar-refractivity contribution in [2.75, 3.05) is 32.3 Å². The van der Waals surface area contributed by atoms with E-state index in [2.05, 4.69) is 32.3 Å². The highest BCUT2D eigenvalue weighted by Gasteiger charge is 2.14. The summed E-state index contributed by atoms with van der Waals surface area (Å²) in [7, 11) is 0. The fourth-order valence-corrected chi connectivity index (χ4v) is 6.94. The maximum Gasteiger partial charge on any atom is 0.343 e. The van der Waals surface area contributed by atoms with Gasteiger partial charge in [-0.15, -0.1) is 0 Å². The van der Waals surface area contributed by atoms with Crippen LogP contribution in [0.5, 0.6) is 11.5 Å². The standard InChI is InChI=1S/C56H48N6O6/c1-36-4-11-42(12-5-36)55(65)67-50-29-25-48(26-30-50)61-62-49-27-31-51(32-28-49)68-56(66)43-13-9-39(10-14-43)35-44-34-38(3)8-33-52(44)58-54(64)41-17-23-47(24-18-41)60-59-46-21-15-40(16-22-46)53(63)57-45-19-6-37(2)7-20-45/h4-34,59-62H,35H2,1-3H3,(H,57,63)(H,58,64). The largest absolute Gasteiger partial charge is 0.423 e. The topological polar surface area (TPSA) is 159 Å². The molecule has 0 radical (unpaired) electrons. The number of ether oxygens (including phenoxy) is 2. The molecule has 0 fully saturated rings. The van der Waals surface area contributed by atoms with Gasteiger partial charge in [0.05, 0.1) is 33.9 Å². The highest BCUT2D eigenvalue weighted by atomic mass is 16.5. The summed E-state index contributed by atoms with van der Waals surface area (Å²) in [6.45, 7) is 5.95. The van der Waals surface area contributed by atoms with Crippen LogP contribution in [0.3, 0.4) is 0 Å². The van der Waals surface area contributed by atoms with Gasteiger partial charge in [-0.1, -0.05) is 65.2 Å². The van der Waals surface area contributed by atoms with Gasteiger partial charge in [0.25, 0.3) is 11.8 Å². The van der Waals surface area contributed by atoms with Crippen LogP contribution >= 0.6 is 0 Å². The van der Waals surface area contributed by atoms with E-state index in [1.807, 2.05) is 87.5 Å². The molecular weight excluding hydrogens is 853 g/mol. The molecule has 0 bridgehead atoms. The van der Waals surface area contributed by atoms with Gasteiger partial charge in [0, 0.05) is 22.5 Å². The third-order valence-electron chi connectivity index (χ3n) is 10.8. The fraction of sp³-hybridized carbons (Fsp3) is 0.0714. The molecule has 0 aromatic heterocycles. The summed E-state index contributed by atoms with van der Waals surface area (Å²) in [5.74, 6) is -0.551. The van der Waals surface area contributed by atoms with E-state index in [1.165, 1.54) is 0 Å². The van der Waals surface area contributed by atoms with E-state index in [9.17, 15) is 19.2 Å². The number of aryl methyl sites for hydroxylation is 3. The third-order valence-corrected chi connectivity index (χ3v) is 10.8. The van der Waals surface area contributed by atoms with Crippen molar-refractivity contribution < 1.29 is 28.7 Å². The van der Waals surface area contributed by atoms with Crippen molar-refractivity contribution in [3.63, 3.8) is 0 Å². The van der Waals surface area contributed by atoms with Gasteiger partial charge in [-0.25, -0.2) is 9.59 Å². The van der Waals surface area contributed by atoms with Gasteiger partial charge in [0.2, 0.25) is 0 Å². The Kier molecular flexibility index (Phi) is 14.2. The minimum atomic E-state index is -0.492. The summed E-state index contributed by atoms with van der Waals surface area (Å²) < 4.78 is 11.1. The molecule has 8 aromatic carbocycles. The maximum absolute atomic E-state index is 13.4. The number of hydrazine groups is 2. The lowest BCUT2D eigenvalue weighted by molar-refractivity contribution is 0.0725. The summed E-state index contributed by atoms with van der Waals surface area (Å²) in [5.41, 5.74) is 23.9. The molecule has 0 saturated carbocycles. The van der Waals surface area contributed by atoms with E-state index in [1.54, 1.807) is 121 Å². The molecular formula is C56H48N6O6. The SMILES string of the molecule is Cc1ccc(NC(=O)c2ccc(NNc3ccc(C(=O)Nc4ccc(C)cc4Cc4ccc(C(=O)Oc5ccc(NNc6ccc(OC(=O)c7ccc(C)cc7)cc6)cc5)cc4)cc3)cc2)cc1. The van der Waals surface area contributed by atoms with Crippen molar-refractivity contribution in [3.8, 4) is 11.5 Å². The number of amides is 2. The Morgan fingerprint density at radius 1 is 0.368 bits per heavy atom. The number of hydrogen-bond acceptors (Lipinski definition) is 10. The lowest BCUT2D eigenvalue weighted by Gasteiger charge is -2.14. The Hall–Kier alpha value is -9.16. The second-order valence-corrected chi connectivity index (χ2v) is 16.2. The van der Waals surface area contributed by atoms with Crippen LogP contribution in [0.25, 0.3) is 0 Å². The Balaban J connectivity index is 0.787. The van der Waals surface area contributed by atoms with E-state index in [-0.39, 0.29) is 11.8 Å². The molecule has 0 heterocycles. The van der Waals surface area contributed by atoms with Crippen molar-refractivity contribution >= 4 is 57.9 Å². The molecule has 0 aliphatic carbocycles. The summed E-state index contributed by atoms with van der Waals surface area (Å²) in [5, 5.41) is 5.97. The zero-order valence-electron chi connectivity index (χ0n) is 37.6. The molecule has 6 N–H and O–H groups in total. The summed E-state index contributed by atoms with van der Waals surface area (Å²) in [6, 6.07) is 56.0. The van der Waals surface area contributed by atoms with Gasteiger partial charge in [-0.05, 0) is 178 Å². The Morgan fingerprint density at radius 3 is 1.18 bits per heavy atom. The lowest BCUT2D eigenvalue weighted by Crippen LogP contribution is -2.14. The number of nitrogens with one attached hydrogen (secondary N) is 6. The van der Waals surface area contributed by atoms with E-state index in [4.69, 9.17) is 9.47 Å². The van der Waals surface area contributed by atoms with Gasteiger partial charge in [-0.3, -0.25) is 9.59 Å². The predicted molar refractivity (Wildman–Crippen MR) is 269 cm³/mol. The number of anilines is 6. The number of esters is 2. The lowest BCUT2D eigenvalue weighted by atomic mass is 10.00. The minimum absolute atomic E-state index is 0.194. The minimum Gasteiger partial charge on any atom is -0.423 e. The van der Waals surface area contributed by atoms with Crippen LogP contribution in [-0.2, 0) is 6.42 Å². The first-order chi connectivity index (χ1) is 33.0. The molecule has 338 valence electrons. The van der Waals surface area contributed by atoms with Crippen molar-refractivity contribution in [3.05, 3.63) is 238 Å². The molecule has 0 aliphatic heterocycles. The number of hydrogen-bond donors (Lipinski definition) is 6. The second-order valence-electron chi connectivity index (χ2n) is 16.2. The quantitative estimate of drug-likeness (QED) is 0.0313. The number of rotatable bonds is 16. The molecule has 8 aromatic rings. The second kappa shape index (κ2) is 21.2. The normalized spacial score (nSPS) is 10.6. The van der Waals surface area contributed by atoms with Crippen LogP contribution in [0.2, 0.25) is 0 Å². The zero-order chi connectivity index (χ0) is 47.4. The first-order valence-corrected chi connectivity index (χ1v) is 21.8. The average molecular weight is 901 g/mol. The Morgan fingerprint density at radius 2 is 0.721 bits per heavy atom. The Bertz CT molecular complexity index is 3030. The average Bonchev–Trinajstić information content (AvgIpc) is 3.35. The van der Waals surface area contributed by atoms with Crippen LogP contribution in [0.4, 0.5) is 34.1 Å². The number of carbonyl (C=O) groups excluding carboxylic acids is 4. The van der Waals surface area contributed by atoms with Gasteiger partial charge in [-0.2, -0.15) is 0 Å². The molecule has 0 spiro atoms. The van der Waals surface area contributed by atoms with E-state index in [0.29, 0.717) is 45.9 Å². The third kappa shape index (κ3) is 12.3. The smallest absolute Gasteiger partial charge is 0.343 e.